The maximum atomic E-state index is 13.2. The third-order valence-electron chi connectivity index (χ3n) is 5.17. The topological polar surface area (TPSA) is 107 Å². The van der Waals surface area contributed by atoms with Crippen molar-refractivity contribution in [2.75, 3.05) is 5.32 Å². The molecule has 2 aromatic heterocycles. The van der Waals surface area contributed by atoms with Crippen molar-refractivity contribution in [1.29, 1.82) is 0 Å². The Hall–Kier alpha value is -2.69. The van der Waals surface area contributed by atoms with Gasteiger partial charge < -0.3 is 5.32 Å². The van der Waals surface area contributed by atoms with Crippen molar-refractivity contribution in [3.63, 3.8) is 0 Å². The van der Waals surface area contributed by atoms with E-state index in [1.807, 2.05) is 0 Å². The number of carbonyl (C=O) groups is 1. The molecule has 0 saturated heterocycles. The van der Waals surface area contributed by atoms with Gasteiger partial charge in [0.2, 0.25) is 5.91 Å². The number of aryl methyl sites for hydroxylation is 2. The number of anilines is 1. The molecule has 11 heteroatoms. The van der Waals surface area contributed by atoms with Crippen LogP contribution >= 0.6 is 34.7 Å². The molecule has 1 atom stereocenters. The predicted molar refractivity (Wildman–Crippen MR) is 128 cm³/mol. The summed E-state index contributed by atoms with van der Waals surface area (Å²) in [6, 6.07) is 3.84. The summed E-state index contributed by atoms with van der Waals surface area (Å²) in [5.74, 6) is -0.412. The molecule has 1 aliphatic rings. The van der Waals surface area contributed by atoms with Gasteiger partial charge >= 0.3 is 0 Å². The van der Waals surface area contributed by atoms with Gasteiger partial charge in [0.25, 0.3) is 11.2 Å². The Labute approximate surface area is 196 Å². The fourth-order valence-electron chi connectivity index (χ4n) is 3.61. The molecule has 2 heterocycles. The number of nitrogens with one attached hydrogen (secondary N) is 1. The van der Waals surface area contributed by atoms with Gasteiger partial charge in [-0.3, -0.25) is 24.3 Å². The van der Waals surface area contributed by atoms with Gasteiger partial charge in [-0.1, -0.05) is 29.4 Å². The number of nitro benzene ring substituents is 1. The number of carbonyl (C=O) groups excluding carboxylic acids is 1. The van der Waals surface area contributed by atoms with Gasteiger partial charge in [-0.2, -0.15) is 0 Å². The molecule has 1 unspecified atom stereocenters. The Morgan fingerprint density at radius 1 is 1.50 bits per heavy atom. The van der Waals surface area contributed by atoms with Gasteiger partial charge in [-0.15, -0.1) is 17.9 Å². The molecule has 0 radical (unpaired) electrons. The second kappa shape index (κ2) is 9.05. The van der Waals surface area contributed by atoms with Crippen molar-refractivity contribution in [3.05, 3.63) is 66.8 Å². The molecule has 0 bridgehead atoms. The van der Waals surface area contributed by atoms with Crippen LogP contribution in [0, 0.1) is 10.1 Å². The first-order valence-electron chi connectivity index (χ1n) is 9.87. The molecule has 8 nitrogen and oxygen atoms in total. The Morgan fingerprint density at radius 2 is 2.28 bits per heavy atom. The zero-order valence-electron chi connectivity index (χ0n) is 17.1. The van der Waals surface area contributed by atoms with Crippen LogP contribution in [0.5, 0.6) is 0 Å². The molecule has 4 rings (SSSR count). The van der Waals surface area contributed by atoms with Crippen molar-refractivity contribution in [2.45, 2.75) is 43.1 Å². The fourth-order valence-corrected chi connectivity index (χ4v) is 5.99. The lowest BCUT2D eigenvalue weighted by atomic mass is 10.2. The third kappa shape index (κ3) is 4.17. The largest absolute Gasteiger partial charge is 0.324 e. The normalized spacial score (nSPS) is 13.7. The van der Waals surface area contributed by atoms with Gasteiger partial charge in [0, 0.05) is 23.6 Å². The monoisotopic (exact) mass is 490 g/mol. The molecule has 0 aliphatic heterocycles. The van der Waals surface area contributed by atoms with E-state index in [1.165, 1.54) is 27.6 Å². The van der Waals surface area contributed by atoms with E-state index >= 15 is 0 Å². The second-order valence-corrected chi connectivity index (χ2v) is 10.1. The standard InChI is InChI=1S/C21H19ClN4O4S2/c1-3-9-25-20(28)17-13-5-4-6-16(13)32-19(17)24-21(25)31-11(2)18(27)23-15-10-12(26(29)30)7-8-14(15)22/h3,7-8,10-11H,1,4-6,9H2,2H3,(H,23,27). The number of non-ortho nitro benzene ring substituents is 1. The van der Waals surface area contributed by atoms with Crippen LogP contribution in [-0.2, 0) is 24.2 Å². The molecule has 0 fully saturated rings. The molecular weight excluding hydrogens is 472 g/mol. The fraction of sp³-hybridized carbons (Fsp3) is 0.286. The maximum Gasteiger partial charge on any atom is 0.271 e. The Balaban J connectivity index is 1.63. The summed E-state index contributed by atoms with van der Waals surface area (Å²) in [5, 5.41) is 14.3. The number of aromatic nitrogens is 2. The van der Waals surface area contributed by atoms with Crippen LogP contribution in [0.2, 0.25) is 5.02 Å². The lowest BCUT2D eigenvalue weighted by molar-refractivity contribution is -0.384. The molecule has 1 amide bonds. The number of benzene rings is 1. The van der Waals surface area contributed by atoms with E-state index in [2.05, 4.69) is 11.9 Å². The van der Waals surface area contributed by atoms with E-state index < -0.39 is 16.1 Å². The highest BCUT2D eigenvalue weighted by Gasteiger charge is 2.25. The van der Waals surface area contributed by atoms with Crippen LogP contribution in [0.15, 0.2) is 40.8 Å². The van der Waals surface area contributed by atoms with Crippen LogP contribution in [-0.4, -0.2) is 25.6 Å². The summed E-state index contributed by atoms with van der Waals surface area (Å²) in [5.41, 5.74) is 0.955. The van der Waals surface area contributed by atoms with E-state index in [-0.39, 0.29) is 28.5 Å². The minimum atomic E-state index is -0.641. The smallest absolute Gasteiger partial charge is 0.271 e. The first-order valence-corrected chi connectivity index (χ1v) is 11.9. The molecular formula is C21H19ClN4O4S2. The molecule has 166 valence electrons. The van der Waals surface area contributed by atoms with Crippen molar-refractivity contribution in [2.24, 2.45) is 0 Å². The molecule has 0 spiro atoms. The first-order chi connectivity index (χ1) is 15.3. The molecule has 1 N–H and O–H groups in total. The maximum absolute atomic E-state index is 13.2. The average Bonchev–Trinajstić information content (AvgIpc) is 3.33. The Morgan fingerprint density at radius 3 is 3.00 bits per heavy atom. The molecule has 0 saturated carbocycles. The lowest BCUT2D eigenvalue weighted by Gasteiger charge is -2.15. The number of rotatable bonds is 7. The average molecular weight is 491 g/mol. The molecule has 1 aromatic carbocycles. The zero-order chi connectivity index (χ0) is 23.0. The number of hydrogen-bond donors (Lipinski definition) is 1. The number of allylic oxidation sites excluding steroid dienone is 1. The number of thioether (sulfide) groups is 1. The molecule has 32 heavy (non-hydrogen) atoms. The van der Waals surface area contributed by atoms with Crippen LogP contribution in [0.4, 0.5) is 11.4 Å². The van der Waals surface area contributed by atoms with Crippen molar-refractivity contribution in [1.82, 2.24) is 9.55 Å². The third-order valence-corrected chi connectivity index (χ3v) is 7.78. The second-order valence-electron chi connectivity index (χ2n) is 7.31. The highest BCUT2D eigenvalue weighted by molar-refractivity contribution is 8.00. The summed E-state index contributed by atoms with van der Waals surface area (Å²) >= 11 is 8.77. The minimum absolute atomic E-state index is 0.119. The summed E-state index contributed by atoms with van der Waals surface area (Å²) in [4.78, 5) is 43.1. The zero-order valence-corrected chi connectivity index (χ0v) is 19.5. The van der Waals surface area contributed by atoms with Gasteiger partial charge in [0.1, 0.15) is 4.83 Å². The summed E-state index contributed by atoms with van der Waals surface area (Å²) in [7, 11) is 0. The Bertz CT molecular complexity index is 1320. The van der Waals surface area contributed by atoms with Crippen molar-refractivity contribution in [3.8, 4) is 0 Å². The van der Waals surface area contributed by atoms with Gasteiger partial charge in [-0.25, -0.2) is 4.98 Å². The summed E-state index contributed by atoms with van der Waals surface area (Å²) in [6.45, 7) is 5.69. The van der Waals surface area contributed by atoms with Gasteiger partial charge in [-0.05, 0) is 37.8 Å². The highest BCUT2D eigenvalue weighted by Crippen LogP contribution is 2.36. The van der Waals surface area contributed by atoms with Gasteiger partial charge in [0.15, 0.2) is 5.16 Å². The number of nitro groups is 1. The van der Waals surface area contributed by atoms with Crippen molar-refractivity contribution < 1.29 is 9.72 Å². The highest BCUT2D eigenvalue weighted by atomic mass is 35.5. The SMILES string of the molecule is C=CCn1c(SC(C)C(=O)Nc2cc([N+](=O)[O-])ccc2Cl)nc2sc3c(c2c1=O)CCC3. The first kappa shape index (κ1) is 22.5. The number of fused-ring (bicyclic) bond motifs is 3. The van der Waals surface area contributed by atoms with Crippen LogP contribution in [0.3, 0.4) is 0 Å². The lowest BCUT2D eigenvalue weighted by Crippen LogP contribution is -2.27. The quantitative estimate of drug-likeness (QED) is 0.167. The number of halogens is 1. The summed E-state index contributed by atoms with van der Waals surface area (Å²) in [6.07, 6.45) is 4.52. The van der Waals surface area contributed by atoms with E-state index in [9.17, 15) is 19.7 Å². The van der Waals surface area contributed by atoms with Crippen LogP contribution in [0.1, 0.15) is 23.8 Å². The van der Waals surface area contributed by atoms with Gasteiger partial charge in [0.05, 0.1) is 26.3 Å². The van der Waals surface area contributed by atoms with E-state index in [0.717, 1.165) is 36.6 Å². The molecule has 1 aliphatic carbocycles. The molecule has 3 aromatic rings. The van der Waals surface area contributed by atoms with E-state index in [4.69, 9.17) is 16.6 Å². The van der Waals surface area contributed by atoms with Crippen LogP contribution < -0.4 is 10.9 Å². The van der Waals surface area contributed by atoms with Crippen molar-refractivity contribution >= 4 is 62.2 Å². The van der Waals surface area contributed by atoms with E-state index in [0.29, 0.717) is 15.4 Å². The van der Waals surface area contributed by atoms with Crippen LogP contribution in [0.25, 0.3) is 10.2 Å². The minimum Gasteiger partial charge on any atom is -0.324 e. The number of hydrogen-bond acceptors (Lipinski definition) is 7. The number of amides is 1. The summed E-state index contributed by atoms with van der Waals surface area (Å²) < 4.78 is 1.54. The predicted octanol–water partition coefficient (Wildman–Crippen LogP) is 4.81. The Kier molecular flexibility index (Phi) is 6.36. The number of thiophene rings is 1. The van der Waals surface area contributed by atoms with E-state index in [1.54, 1.807) is 24.3 Å². The number of nitrogens with zero attached hydrogens (tertiary/aromatic N) is 3.